The molecule has 0 amide bonds. The number of aldehydes is 1. The molecule has 1 aromatic carbocycles. The van der Waals surface area contributed by atoms with Crippen LogP contribution < -0.4 is 4.90 Å². The van der Waals surface area contributed by atoms with Crippen LogP contribution in [0, 0.1) is 0 Å². The maximum atomic E-state index is 11.4. The van der Waals surface area contributed by atoms with Crippen molar-refractivity contribution >= 4 is 12.1 Å². The second-order valence-corrected chi connectivity index (χ2v) is 4.88. The Bertz CT molecular complexity index is 681. The van der Waals surface area contributed by atoms with Gasteiger partial charge in [-0.2, -0.15) is 0 Å². The van der Waals surface area contributed by atoms with Crippen LogP contribution in [-0.2, 0) is 16.1 Å². The number of ether oxygens (including phenoxy) is 1. The Morgan fingerprint density at radius 2 is 1.95 bits per heavy atom. The third-order valence-electron chi connectivity index (χ3n) is 3.36. The Morgan fingerprint density at radius 1 is 1.14 bits per heavy atom. The van der Waals surface area contributed by atoms with Crippen molar-refractivity contribution in [2.75, 3.05) is 4.90 Å². The number of pyridine rings is 1. The molecule has 0 spiro atoms. The minimum Gasteiger partial charge on any atom is -0.489 e. The number of hydrogen-bond acceptors (Lipinski definition) is 4. The third kappa shape index (κ3) is 3.23. The Hall–Kier alpha value is -2.88. The van der Waals surface area contributed by atoms with Crippen LogP contribution in [0.5, 0.6) is 0 Å². The van der Waals surface area contributed by atoms with Gasteiger partial charge in [0.2, 0.25) is 0 Å². The largest absolute Gasteiger partial charge is 0.489 e. The molecule has 2 aromatic rings. The zero-order valence-electron chi connectivity index (χ0n) is 12.0. The molecule has 1 atom stereocenters. The predicted molar refractivity (Wildman–Crippen MR) is 85.0 cm³/mol. The van der Waals surface area contributed by atoms with Gasteiger partial charge in [0.1, 0.15) is 30.5 Å². The molecular weight excluding hydrogens is 276 g/mol. The van der Waals surface area contributed by atoms with Crippen LogP contribution in [0.25, 0.3) is 0 Å². The van der Waals surface area contributed by atoms with Crippen molar-refractivity contribution in [3.8, 4) is 0 Å². The molecule has 1 unspecified atom stereocenters. The van der Waals surface area contributed by atoms with Gasteiger partial charge in [0, 0.05) is 12.4 Å². The first kappa shape index (κ1) is 14.1. The number of nitrogens with zero attached hydrogens (tertiary/aromatic N) is 2. The summed E-state index contributed by atoms with van der Waals surface area (Å²) in [5, 5.41) is 0. The van der Waals surface area contributed by atoms with Crippen LogP contribution in [0.4, 0.5) is 5.82 Å². The fourth-order valence-electron chi connectivity index (χ4n) is 2.23. The molecule has 110 valence electrons. The van der Waals surface area contributed by atoms with Crippen molar-refractivity contribution in [3.05, 3.63) is 84.4 Å². The minimum absolute atomic E-state index is 0.411. The normalized spacial score (nSPS) is 17.0. The van der Waals surface area contributed by atoms with E-state index in [1.54, 1.807) is 12.3 Å². The van der Waals surface area contributed by atoms with Crippen LogP contribution in [0.15, 0.2) is 78.8 Å². The van der Waals surface area contributed by atoms with Gasteiger partial charge >= 0.3 is 0 Å². The maximum Gasteiger partial charge on any atom is 0.146 e. The van der Waals surface area contributed by atoms with Crippen LogP contribution in [0.2, 0.25) is 0 Å². The van der Waals surface area contributed by atoms with E-state index in [9.17, 15) is 4.79 Å². The first-order valence-electron chi connectivity index (χ1n) is 7.08. The molecule has 1 aromatic heterocycles. The molecule has 0 saturated heterocycles. The third-order valence-corrected chi connectivity index (χ3v) is 3.36. The average molecular weight is 292 g/mol. The quantitative estimate of drug-likeness (QED) is 0.794. The van der Waals surface area contributed by atoms with Gasteiger partial charge < -0.3 is 14.4 Å². The molecule has 4 nitrogen and oxygen atoms in total. The number of carbonyl (C=O) groups is 1. The van der Waals surface area contributed by atoms with Crippen LogP contribution >= 0.6 is 0 Å². The Labute approximate surface area is 129 Å². The molecular formula is C18H16N2O2. The van der Waals surface area contributed by atoms with E-state index in [4.69, 9.17) is 4.74 Å². The molecule has 4 heteroatoms. The SMILES string of the molecule is O=CC1C=C(OCc2ccccc2)C=CN1c1ccccn1. The van der Waals surface area contributed by atoms with E-state index in [0.29, 0.717) is 12.4 Å². The Kier molecular flexibility index (Phi) is 4.30. The molecule has 0 radical (unpaired) electrons. The van der Waals surface area contributed by atoms with Crippen molar-refractivity contribution in [3.63, 3.8) is 0 Å². The van der Waals surface area contributed by atoms with E-state index in [0.717, 1.165) is 17.7 Å². The lowest BCUT2D eigenvalue weighted by atomic mass is 10.2. The zero-order chi connectivity index (χ0) is 15.2. The fourth-order valence-corrected chi connectivity index (χ4v) is 2.23. The van der Waals surface area contributed by atoms with Gasteiger partial charge in [-0.15, -0.1) is 0 Å². The number of carbonyl (C=O) groups excluding carboxylic acids is 1. The van der Waals surface area contributed by atoms with E-state index in [1.165, 1.54) is 0 Å². The minimum atomic E-state index is -0.411. The first-order valence-corrected chi connectivity index (χ1v) is 7.08. The summed E-state index contributed by atoms with van der Waals surface area (Å²) in [5.41, 5.74) is 1.09. The van der Waals surface area contributed by atoms with Gasteiger partial charge in [-0.05, 0) is 29.8 Å². The Morgan fingerprint density at radius 3 is 2.68 bits per heavy atom. The number of aromatic nitrogens is 1. The van der Waals surface area contributed by atoms with E-state index in [-0.39, 0.29) is 0 Å². The van der Waals surface area contributed by atoms with E-state index in [1.807, 2.05) is 65.7 Å². The first-order chi connectivity index (χ1) is 10.9. The van der Waals surface area contributed by atoms with Crippen LogP contribution in [0.3, 0.4) is 0 Å². The van der Waals surface area contributed by atoms with Crippen LogP contribution in [0.1, 0.15) is 5.56 Å². The lowest BCUT2D eigenvalue weighted by molar-refractivity contribution is -0.108. The average Bonchev–Trinajstić information content (AvgIpc) is 2.61. The molecule has 0 bridgehead atoms. The topological polar surface area (TPSA) is 42.4 Å². The highest BCUT2D eigenvalue weighted by molar-refractivity contribution is 5.70. The molecule has 2 heterocycles. The monoisotopic (exact) mass is 292 g/mol. The summed E-state index contributed by atoms with van der Waals surface area (Å²) in [6, 6.07) is 15.1. The highest BCUT2D eigenvalue weighted by atomic mass is 16.5. The van der Waals surface area contributed by atoms with Crippen molar-refractivity contribution in [2.24, 2.45) is 0 Å². The van der Waals surface area contributed by atoms with Gasteiger partial charge in [-0.1, -0.05) is 36.4 Å². The van der Waals surface area contributed by atoms with Crippen molar-refractivity contribution in [1.29, 1.82) is 0 Å². The van der Waals surface area contributed by atoms with Crippen molar-refractivity contribution in [1.82, 2.24) is 4.98 Å². The number of allylic oxidation sites excluding steroid dienone is 1. The number of benzene rings is 1. The molecule has 22 heavy (non-hydrogen) atoms. The van der Waals surface area contributed by atoms with E-state index in [2.05, 4.69) is 4.98 Å². The smallest absolute Gasteiger partial charge is 0.146 e. The molecule has 3 rings (SSSR count). The lowest BCUT2D eigenvalue weighted by Crippen LogP contribution is -2.33. The van der Waals surface area contributed by atoms with Crippen LogP contribution in [-0.4, -0.2) is 17.3 Å². The van der Waals surface area contributed by atoms with E-state index < -0.39 is 6.04 Å². The number of hydrogen-bond donors (Lipinski definition) is 0. The number of anilines is 1. The number of rotatable bonds is 5. The molecule has 0 aliphatic carbocycles. The summed E-state index contributed by atoms with van der Waals surface area (Å²) in [6.07, 6.45) is 8.05. The second kappa shape index (κ2) is 6.72. The van der Waals surface area contributed by atoms with Crippen molar-refractivity contribution < 1.29 is 9.53 Å². The van der Waals surface area contributed by atoms with E-state index >= 15 is 0 Å². The maximum absolute atomic E-state index is 11.4. The summed E-state index contributed by atoms with van der Waals surface area (Å²) in [6.45, 7) is 0.478. The zero-order valence-corrected chi connectivity index (χ0v) is 12.0. The molecule has 0 saturated carbocycles. The molecule has 0 N–H and O–H groups in total. The lowest BCUT2D eigenvalue weighted by Gasteiger charge is -2.27. The summed E-state index contributed by atoms with van der Waals surface area (Å²) in [5.74, 6) is 1.42. The van der Waals surface area contributed by atoms with Gasteiger partial charge in [0.15, 0.2) is 0 Å². The van der Waals surface area contributed by atoms with Gasteiger partial charge in [-0.25, -0.2) is 4.98 Å². The summed E-state index contributed by atoms with van der Waals surface area (Å²) in [7, 11) is 0. The molecule has 0 fully saturated rings. The van der Waals surface area contributed by atoms with Crippen molar-refractivity contribution in [2.45, 2.75) is 12.6 Å². The fraction of sp³-hybridized carbons (Fsp3) is 0.111. The Balaban J connectivity index is 1.70. The standard InChI is InChI=1S/C18H16N2O2/c21-13-16-12-17(22-14-15-6-2-1-3-7-15)9-11-20(16)18-8-4-5-10-19-18/h1-13,16H,14H2. The summed E-state index contributed by atoms with van der Waals surface area (Å²) < 4.78 is 5.75. The van der Waals surface area contributed by atoms with Gasteiger partial charge in [-0.3, -0.25) is 0 Å². The van der Waals surface area contributed by atoms with Gasteiger partial charge in [0.05, 0.1) is 0 Å². The highest BCUT2D eigenvalue weighted by Gasteiger charge is 2.19. The highest BCUT2D eigenvalue weighted by Crippen LogP contribution is 2.20. The second-order valence-electron chi connectivity index (χ2n) is 4.88. The summed E-state index contributed by atoms with van der Waals surface area (Å²) >= 11 is 0. The molecule has 1 aliphatic heterocycles. The van der Waals surface area contributed by atoms with Gasteiger partial charge in [0.25, 0.3) is 0 Å². The molecule has 1 aliphatic rings. The predicted octanol–water partition coefficient (Wildman–Crippen LogP) is 3.08. The summed E-state index contributed by atoms with van der Waals surface area (Å²) in [4.78, 5) is 17.4.